The van der Waals surface area contributed by atoms with Crippen molar-refractivity contribution in [2.45, 2.75) is 57.3 Å². The number of likely N-dealkylation sites (tertiary alicyclic amines) is 1. The highest BCUT2D eigenvalue weighted by molar-refractivity contribution is 7.98. The van der Waals surface area contributed by atoms with Crippen molar-refractivity contribution in [3.8, 4) is 0 Å². The molecule has 10 heteroatoms. The predicted molar refractivity (Wildman–Crippen MR) is 98.6 cm³/mol. The number of rotatable bonds is 9. The minimum absolute atomic E-state index is 0.379. The molecule has 0 aliphatic carbocycles. The van der Waals surface area contributed by atoms with Gasteiger partial charge in [-0.3, -0.25) is 19.2 Å². The van der Waals surface area contributed by atoms with Crippen LogP contribution in [0.25, 0.3) is 0 Å². The van der Waals surface area contributed by atoms with E-state index in [4.69, 9.17) is 10.8 Å². The minimum Gasteiger partial charge on any atom is -0.480 e. The van der Waals surface area contributed by atoms with Crippen LogP contribution in [0.4, 0.5) is 0 Å². The predicted octanol–water partition coefficient (Wildman–Crippen LogP) is -0.848. The fourth-order valence-corrected chi connectivity index (χ4v) is 3.17. The van der Waals surface area contributed by atoms with Crippen molar-refractivity contribution in [1.82, 2.24) is 15.5 Å². The summed E-state index contributed by atoms with van der Waals surface area (Å²) >= 11 is 1.58. The topological polar surface area (TPSA) is 142 Å². The van der Waals surface area contributed by atoms with Crippen LogP contribution < -0.4 is 16.4 Å². The van der Waals surface area contributed by atoms with Crippen LogP contribution in [0.3, 0.4) is 0 Å². The highest BCUT2D eigenvalue weighted by atomic mass is 32.2. The molecule has 4 unspecified atom stereocenters. The van der Waals surface area contributed by atoms with E-state index in [0.29, 0.717) is 25.8 Å². The number of hydrogen-bond acceptors (Lipinski definition) is 6. The second-order valence-corrected chi connectivity index (χ2v) is 7.36. The van der Waals surface area contributed by atoms with E-state index in [9.17, 15) is 19.2 Å². The van der Waals surface area contributed by atoms with Gasteiger partial charge in [0.25, 0.3) is 0 Å². The number of amides is 3. The lowest BCUT2D eigenvalue weighted by Crippen LogP contribution is -2.55. The summed E-state index contributed by atoms with van der Waals surface area (Å²) in [4.78, 5) is 49.2. The highest BCUT2D eigenvalue weighted by Crippen LogP contribution is 2.19. The van der Waals surface area contributed by atoms with E-state index in [1.165, 1.54) is 11.8 Å². The third-order valence-electron chi connectivity index (χ3n) is 4.27. The lowest BCUT2D eigenvalue weighted by Gasteiger charge is -2.28. The van der Waals surface area contributed by atoms with Crippen LogP contribution in [0.2, 0.25) is 0 Å². The maximum absolute atomic E-state index is 12.6. The number of carboxylic acids is 1. The van der Waals surface area contributed by atoms with Crippen molar-refractivity contribution in [2.24, 2.45) is 5.73 Å². The molecule has 0 aromatic heterocycles. The fourth-order valence-electron chi connectivity index (χ4n) is 2.68. The van der Waals surface area contributed by atoms with Gasteiger partial charge in [-0.2, -0.15) is 11.8 Å². The Balaban J connectivity index is 2.64. The first-order chi connectivity index (χ1) is 12.2. The molecule has 1 aliphatic rings. The lowest BCUT2D eigenvalue weighted by molar-refractivity contribution is -0.144. The van der Waals surface area contributed by atoms with Crippen molar-refractivity contribution < 1.29 is 24.3 Å². The van der Waals surface area contributed by atoms with Gasteiger partial charge in [-0.15, -0.1) is 0 Å². The summed E-state index contributed by atoms with van der Waals surface area (Å²) in [6, 6.07) is -3.26. The van der Waals surface area contributed by atoms with Gasteiger partial charge >= 0.3 is 5.97 Å². The number of hydrogen-bond donors (Lipinski definition) is 4. The maximum Gasteiger partial charge on any atom is 0.325 e. The van der Waals surface area contributed by atoms with Gasteiger partial charge in [0.2, 0.25) is 17.7 Å². The van der Waals surface area contributed by atoms with Gasteiger partial charge in [0, 0.05) is 6.54 Å². The summed E-state index contributed by atoms with van der Waals surface area (Å²) in [5.74, 6) is -1.68. The molecule has 0 bridgehead atoms. The van der Waals surface area contributed by atoms with Gasteiger partial charge in [-0.25, -0.2) is 0 Å². The third kappa shape index (κ3) is 6.17. The monoisotopic (exact) mass is 388 g/mol. The molecular weight excluding hydrogens is 360 g/mol. The van der Waals surface area contributed by atoms with E-state index in [2.05, 4.69) is 10.6 Å². The number of nitrogens with zero attached hydrogens (tertiary/aromatic N) is 1. The zero-order valence-electron chi connectivity index (χ0n) is 15.4. The first kappa shape index (κ1) is 22.2. The molecule has 0 spiro atoms. The van der Waals surface area contributed by atoms with E-state index < -0.39 is 42.0 Å². The van der Waals surface area contributed by atoms with Crippen molar-refractivity contribution in [1.29, 1.82) is 0 Å². The van der Waals surface area contributed by atoms with Crippen molar-refractivity contribution in [3.63, 3.8) is 0 Å². The van der Waals surface area contributed by atoms with Gasteiger partial charge in [0.15, 0.2) is 0 Å². The molecule has 1 rings (SSSR count). The summed E-state index contributed by atoms with van der Waals surface area (Å²) in [7, 11) is 0. The second kappa shape index (κ2) is 10.4. The van der Waals surface area contributed by atoms with Gasteiger partial charge < -0.3 is 26.4 Å². The van der Waals surface area contributed by atoms with E-state index in [0.717, 1.165) is 5.75 Å². The standard InChI is InChI=1S/C16H28N4O5S/c1-9(18-13(21)11(17)6-8-26-3)15(23)20-7-4-5-12(20)14(22)19-10(2)16(24)25/h9-12H,4-8,17H2,1-3H3,(H,18,21)(H,19,22)(H,24,25). The molecule has 9 nitrogen and oxygen atoms in total. The molecule has 5 N–H and O–H groups in total. The van der Waals surface area contributed by atoms with Crippen LogP contribution in [0, 0.1) is 0 Å². The molecule has 1 aliphatic heterocycles. The smallest absolute Gasteiger partial charge is 0.325 e. The second-order valence-electron chi connectivity index (χ2n) is 6.38. The molecule has 0 aromatic carbocycles. The summed E-state index contributed by atoms with van der Waals surface area (Å²) < 4.78 is 0. The Bertz CT molecular complexity index is 545. The summed E-state index contributed by atoms with van der Waals surface area (Å²) in [5, 5.41) is 13.9. The number of nitrogens with one attached hydrogen (secondary N) is 2. The maximum atomic E-state index is 12.6. The largest absolute Gasteiger partial charge is 0.480 e. The van der Waals surface area contributed by atoms with Crippen LogP contribution in [0.5, 0.6) is 0 Å². The number of carbonyl (C=O) groups is 4. The number of carbonyl (C=O) groups excluding carboxylic acids is 3. The molecule has 4 atom stereocenters. The van der Waals surface area contributed by atoms with E-state index in [-0.39, 0.29) is 5.91 Å². The molecule has 0 saturated carbocycles. The third-order valence-corrected chi connectivity index (χ3v) is 4.91. The molecule has 148 valence electrons. The molecule has 1 saturated heterocycles. The Labute approximate surface area is 157 Å². The normalized spacial score (nSPS) is 20.2. The molecule has 0 radical (unpaired) electrons. The van der Waals surface area contributed by atoms with Crippen LogP contribution >= 0.6 is 11.8 Å². The first-order valence-corrected chi connectivity index (χ1v) is 9.97. The molecule has 1 fully saturated rings. The zero-order valence-corrected chi connectivity index (χ0v) is 16.2. The van der Waals surface area contributed by atoms with Gasteiger partial charge in [0.1, 0.15) is 18.1 Å². The quantitative estimate of drug-likeness (QED) is 0.403. The van der Waals surface area contributed by atoms with Crippen molar-refractivity contribution in [3.05, 3.63) is 0 Å². The Hall–Kier alpha value is -1.81. The number of aliphatic carboxylic acids is 1. The molecule has 26 heavy (non-hydrogen) atoms. The van der Waals surface area contributed by atoms with Crippen LogP contribution in [-0.2, 0) is 19.2 Å². The lowest BCUT2D eigenvalue weighted by atomic mass is 10.1. The van der Waals surface area contributed by atoms with E-state index >= 15 is 0 Å². The van der Waals surface area contributed by atoms with Crippen LogP contribution in [0.15, 0.2) is 0 Å². The number of nitrogens with two attached hydrogens (primary N) is 1. The average molecular weight is 388 g/mol. The Morgan fingerprint density at radius 3 is 2.46 bits per heavy atom. The number of thioether (sulfide) groups is 1. The van der Waals surface area contributed by atoms with Crippen LogP contribution in [0.1, 0.15) is 33.1 Å². The van der Waals surface area contributed by atoms with E-state index in [1.807, 2.05) is 6.26 Å². The molecular formula is C16H28N4O5S. The Kier molecular flexibility index (Phi) is 8.86. The highest BCUT2D eigenvalue weighted by Gasteiger charge is 2.37. The van der Waals surface area contributed by atoms with Crippen molar-refractivity contribution in [2.75, 3.05) is 18.6 Å². The summed E-state index contributed by atoms with van der Waals surface area (Å²) in [6.07, 6.45) is 3.52. The average Bonchev–Trinajstić information content (AvgIpc) is 3.08. The molecule has 3 amide bonds. The summed E-state index contributed by atoms with van der Waals surface area (Å²) in [6.45, 7) is 3.30. The first-order valence-electron chi connectivity index (χ1n) is 8.57. The molecule has 0 aromatic rings. The SMILES string of the molecule is CSCCC(N)C(=O)NC(C)C(=O)N1CCCC1C(=O)NC(C)C(=O)O. The zero-order chi connectivity index (χ0) is 19.9. The fraction of sp³-hybridized carbons (Fsp3) is 0.750. The van der Waals surface area contributed by atoms with Gasteiger partial charge in [0.05, 0.1) is 6.04 Å². The minimum atomic E-state index is -1.14. The van der Waals surface area contributed by atoms with Crippen LogP contribution in [-0.4, -0.2) is 76.4 Å². The van der Waals surface area contributed by atoms with Crippen molar-refractivity contribution >= 4 is 35.5 Å². The van der Waals surface area contributed by atoms with Gasteiger partial charge in [-0.05, 0) is 45.1 Å². The summed E-state index contributed by atoms with van der Waals surface area (Å²) in [5.41, 5.74) is 5.79. The van der Waals surface area contributed by atoms with Gasteiger partial charge in [-0.1, -0.05) is 0 Å². The number of carboxylic acid groups (broad SMARTS) is 1. The van der Waals surface area contributed by atoms with E-state index in [1.54, 1.807) is 18.7 Å². The Morgan fingerprint density at radius 1 is 1.23 bits per heavy atom. The Morgan fingerprint density at radius 2 is 1.88 bits per heavy atom. The molecule has 1 heterocycles.